The van der Waals surface area contributed by atoms with Gasteiger partial charge in [0.25, 0.3) is 0 Å². The zero-order valence-corrected chi connectivity index (χ0v) is 22.1. The van der Waals surface area contributed by atoms with E-state index in [4.69, 9.17) is 9.72 Å². The smallest absolute Gasteiger partial charge is 0.122 e. The lowest BCUT2D eigenvalue weighted by Crippen LogP contribution is -2.13. The Bertz CT molecular complexity index is 1400. The number of unbranched alkanes of at least 4 members (excludes halogenated alkanes) is 1. The lowest BCUT2D eigenvalue weighted by molar-refractivity contribution is 0.299. The normalized spacial score (nSPS) is 11.5. The van der Waals surface area contributed by atoms with Crippen molar-refractivity contribution in [1.82, 2.24) is 9.55 Å². The van der Waals surface area contributed by atoms with E-state index in [1.165, 1.54) is 27.8 Å². The lowest BCUT2D eigenvalue weighted by atomic mass is 9.90. The van der Waals surface area contributed by atoms with Crippen LogP contribution in [0.1, 0.15) is 66.6 Å². The minimum atomic E-state index is 0.0759. The molecule has 4 aromatic carbocycles. The van der Waals surface area contributed by atoms with Crippen molar-refractivity contribution in [3.05, 3.63) is 131 Å². The van der Waals surface area contributed by atoms with Crippen LogP contribution in [0.5, 0.6) is 5.75 Å². The van der Waals surface area contributed by atoms with Crippen LogP contribution in [0, 0.1) is 6.92 Å². The minimum absolute atomic E-state index is 0.0759. The highest BCUT2D eigenvalue weighted by atomic mass is 16.5. The van der Waals surface area contributed by atoms with Gasteiger partial charge >= 0.3 is 0 Å². The molecule has 0 N–H and O–H groups in total. The third-order valence-corrected chi connectivity index (χ3v) is 7.03. The average molecular weight is 489 g/mol. The van der Waals surface area contributed by atoms with Crippen LogP contribution >= 0.6 is 0 Å². The molecule has 0 aliphatic carbocycles. The molecular weight excluding hydrogens is 452 g/mol. The van der Waals surface area contributed by atoms with Crippen molar-refractivity contribution < 1.29 is 4.74 Å². The van der Waals surface area contributed by atoms with E-state index in [1.54, 1.807) is 0 Å². The molecule has 188 valence electrons. The predicted molar refractivity (Wildman–Crippen MR) is 154 cm³/mol. The lowest BCUT2D eigenvalue weighted by Gasteiger charge is -2.20. The number of fused-ring (bicyclic) bond motifs is 1. The van der Waals surface area contributed by atoms with Crippen molar-refractivity contribution in [2.24, 2.45) is 0 Å². The number of nitrogens with zero attached hydrogens (tertiary/aromatic N) is 2. The third kappa shape index (κ3) is 5.61. The Hall–Kier alpha value is -3.85. The van der Waals surface area contributed by atoms with Crippen molar-refractivity contribution in [2.75, 3.05) is 6.61 Å². The summed E-state index contributed by atoms with van der Waals surface area (Å²) < 4.78 is 8.70. The van der Waals surface area contributed by atoms with Gasteiger partial charge in [-0.25, -0.2) is 4.98 Å². The molecule has 0 unspecified atom stereocenters. The predicted octanol–water partition coefficient (Wildman–Crippen LogP) is 8.51. The van der Waals surface area contributed by atoms with E-state index in [2.05, 4.69) is 128 Å². The maximum absolute atomic E-state index is 6.28. The van der Waals surface area contributed by atoms with Gasteiger partial charge in [0.05, 0.1) is 23.6 Å². The van der Waals surface area contributed by atoms with Gasteiger partial charge in [-0.1, -0.05) is 98.8 Å². The summed E-state index contributed by atoms with van der Waals surface area (Å²) in [6.07, 6.45) is 2.01. The standard InChI is InChI=1S/C34H36N2O/c1-25(2)29-21-20-26(3)24-32(29)37-23-13-12-22-36-31-19-11-10-18-30(31)35-34(36)33(27-14-6-4-7-15-27)28-16-8-5-9-17-28/h4-11,14-21,24-25,33H,12-13,22-23H2,1-3H3. The van der Waals surface area contributed by atoms with Crippen molar-refractivity contribution in [3.63, 3.8) is 0 Å². The Labute approximate surface area is 220 Å². The molecule has 0 bridgehead atoms. The maximum atomic E-state index is 6.28. The fraction of sp³-hybridized carbons (Fsp3) is 0.265. The highest BCUT2D eigenvalue weighted by Gasteiger charge is 2.23. The number of aryl methyl sites for hydroxylation is 2. The van der Waals surface area contributed by atoms with Crippen LogP contribution in [-0.4, -0.2) is 16.2 Å². The highest BCUT2D eigenvalue weighted by molar-refractivity contribution is 5.76. The summed E-state index contributed by atoms with van der Waals surface area (Å²) in [6, 6.07) is 36.5. The van der Waals surface area contributed by atoms with Crippen LogP contribution < -0.4 is 4.74 Å². The van der Waals surface area contributed by atoms with Gasteiger partial charge in [-0.2, -0.15) is 0 Å². The van der Waals surface area contributed by atoms with Gasteiger partial charge in [-0.3, -0.25) is 0 Å². The molecule has 0 spiro atoms. The Kier molecular flexibility index (Phi) is 7.70. The molecule has 1 heterocycles. The molecule has 0 saturated carbocycles. The molecule has 0 aliphatic rings. The molecule has 5 aromatic rings. The van der Waals surface area contributed by atoms with E-state index in [-0.39, 0.29) is 5.92 Å². The first-order valence-corrected chi connectivity index (χ1v) is 13.4. The Balaban J connectivity index is 1.39. The molecule has 3 nitrogen and oxygen atoms in total. The second kappa shape index (κ2) is 11.5. The number of ether oxygens (including phenoxy) is 1. The summed E-state index contributed by atoms with van der Waals surface area (Å²) in [7, 11) is 0. The van der Waals surface area contributed by atoms with Crippen LogP contribution in [0.4, 0.5) is 0 Å². The van der Waals surface area contributed by atoms with E-state index in [0.717, 1.165) is 36.5 Å². The van der Waals surface area contributed by atoms with Gasteiger partial charge in [-0.15, -0.1) is 0 Å². The third-order valence-electron chi connectivity index (χ3n) is 7.03. The van der Waals surface area contributed by atoms with Gasteiger partial charge < -0.3 is 9.30 Å². The molecule has 1 aromatic heterocycles. The molecule has 0 amide bonds. The van der Waals surface area contributed by atoms with Crippen LogP contribution in [0.2, 0.25) is 0 Å². The Morgan fingerprint density at radius 2 is 1.41 bits per heavy atom. The first-order valence-electron chi connectivity index (χ1n) is 13.4. The van der Waals surface area contributed by atoms with Gasteiger partial charge in [0.1, 0.15) is 11.6 Å². The number of para-hydroxylation sites is 2. The van der Waals surface area contributed by atoms with Crippen LogP contribution in [0.3, 0.4) is 0 Å². The summed E-state index contributed by atoms with van der Waals surface area (Å²) in [5, 5.41) is 0. The summed E-state index contributed by atoms with van der Waals surface area (Å²) in [4.78, 5) is 5.18. The Morgan fingerprint density at radius 1 is 0.757 bits per heavy atom. The summed E-state index contributed by atoms with van der Waals surface area (Å²) in [6.45, 7) is 8.18. The van der Waals surface area contributed by atoms with Crippen molar-refractivity contribution in [1.29, 1.82) is 0 Å². The van der Waals surface area contributed by atoms with Crippen LogP contribution in [0.25, 0.3) is 11.0 Å². The number of hydrogen-bond donors (Lipinski definition) is 0. The highest BCUT2D eigenvalue weighted by Crippen LogP contribution is 2.34. The number of rotatable bonds is 10. The van der Waals surface area contributed by atoms with E-state index in [9.17, 15) is 0 Å². The maximum Gasteiger partial charge on any atom is 0.122 e. The summed E-state index contributed by atoms with van der Waals surface area (Å²) in [5.74, 6) is 2.65. The largest absolute Gasteiger partial charge is 0.493 e. The van der Waals surface area contributed by atoms with Gasteiger partial charge in [0, 0.05) is 6.54 Å². The molecule has 0 aliphatic heterocycles. The van der Waals surface area contributed by atoms with Crippen LogP contribution in [0.15, 0.2) is 103 Å². The second-order valence-corrected chi connectivity index (χ2v) is 10.1. The average Bonchev–Trinajstić information content (AvgIpc) is 3.27. The number of hydrogen-bond acceptors (Lipinski definition) is 2. The molecule has 3 heteroatoms. The van der Waals surface area contributed by atoms with Crippen molar-refractivity contribution in [3.8, 4) is 5.75 Å². The molecular formula is C34H36N2O. The monoisotopic (exact) mass is 488 g/mol. The van der Waals surface area contributed by atoms with E-state index < -0.39 is 0 Å². The topological polar surface area (TPSA) is 27.1 Å². The first-order chi connectivity index (χ1) is 18.1. The molecule has 0 radical (unpaired) electrons. The second-order valence-electron chi connectivity index (χ2n) is 10.1. The van der Waals surface area contributed by atoms with Gasteiger partial charge in [-0.05, 0) is 66.1 Å². The minimum Gasteiger partial charge on any atom is -0.493 e. The SMILES string of the molecule is Cc1ccc(C(C)C)c(OCCCCn2c(C(c3ccccc3)c3ccccc3)nc3ccccc32)c1. The van der Waals surface area contributed by atoms with Crippen molar-refractivity contribution >= 4 is 11.0 Å². The van der Waals surface area contributed by atoms with E-state index >= 15 is 0 Å². The zero-order valence-electron chi connectivity index (χ0n) is 22.1. The molecule has 0 fully saturated rings. The van der Waals surface area contributed by atoms with E-state index in [0.29, 0.717) is 12.5 Å². The summed E-state index contributed by atoms with van der Waals surface area (Å²) >= 11 is 0. The molecule has 0 atom stereocenters. The molecule has 37 heavy (non-hydrogen) atoms. The van der Waals surface area contributed by atoms with Crippen molar-refractivity contribution in [2.45, 2.75) is 52.0 Å². The number of imidazole rings is 1. The van der Waals surface area contributed by atoms with Gasteiger partial charge in [0.2, 0.25) is 0 Å². The van der Waals surface area contributed by atoms with Gasteiger partial charge in [0.15, 0.2) is 0 Å². The zero-order chi connectivity index (χ0) is 25.6. The fourth-order valence-corrected chi connectivity index (χ4v) is 5.13. The Morgan fingerprint density at radius 3 is 2.08 bits per heavy atom. The number of aromatic nitrogens is 2. The fourth-order valence-electron chi connectivity index (χ4n) is 5.13. The number of benzene rings is 4. The first kappa shape index (κ1) is 24.8. The quantitative estimate of drug-likeness (QED) is 0.184. The molecule has 5 rings (SSSR count). The summed E-state index contributed by atoms with van der Waals surface area (Å²) in [5.41, 5.74) is 7.27. The van der Waals surface area contributed by atoms with Crippen LogP contribution in [-0.2, 0) is 6.54 Å². The molecule has 0 saturated heterocycles. The van der Waals surface area contributed by atoms with E-state index in [1.807, 2.05) is 0 Å².